The Morgan fingerprint density at radius 2 is 1.83 bits per heavy atom. The Labute approximate surface area is 172 Å². The van der Waals surface area contributed by atoms with Gasteiger partial charge in [-0.25, -0.2) is 15.3 Å². The van der Waals surface area contributed by atoms with E-state index in [0.717, 1.165) is 22.5 Å². The molecule has 0 amide bonds. The van der Waals surface area contributed by atoms with Gasteiger partial charge in [0.1, 0.15) is 6.61 Å². The summed E-state index contributed by atoms with van der Waals surface area (Å²) >= 11 is 0. The Morgan fingerprint density at radius 1 is 1.10 bits per heavy atom. The van der Waals surface area contributed by atoms with E-state index >= 15 is 0 Å². The molecule has 0 aromatic heterocycles. The molecule has 1 N–H and O–H groups in total. The van der Waals surface area contributed by atoms with Gasteiger partial charge in [-0.15, -0.1) is 0 Å². The van der Waals surface area contributed by atoms with E-state index in [4.69, 9.17) is 9.84 Å². The highest BCUT2D eigenvalue weighted by Crippen LogP contribution is 2.45. The lowest BCUT2D eigenvalue weighted by molar-refractivity contribution is -0.136. The average molecular weight is 419 g/mol. The molecule has 0 saturated carbocycles. The van der Waals surface area contributed by atoms with Crippen LogP contribution in [-0.4, -0.2) is 23.9 Å². The van der Waals surface area contributed by atoms with E-state index in [9.17, 15) is 13.6 Å². The number of carbonyl (C=O) groups is 1. The van der Waals surface area contributed by atoms with Gasteiger partial charge in [-0.2, -0.15) is 4.39 Å². The highest BCUT2D eigenvalue weighted by Gasteiger charge is 2.19. The average Bonchev–Trinajstić information content (AvgIpc) is 3.08. The number of halogens is 2. The molecule has 0 saturated heterocycles. The molecule has 6 heteroatoms. The van der Waals surface area contributed by atoms with Crippen LogP contribution in [0.1, 0.15) is 30.0 Å². The van der Waals surface area contributed by atoms with Crippen LogP contribution in [0.5, 0.6) is 5.75 Å². The largest absolute Gasteiger partial charge is 0.485 e. The number of carboxylic acid groups (broad SMARTS) is 1. The highest BCUT2D eigenvalue weighted by atomic mass is 32.2. The van der Waals surface area contributed by atoms with Crippen LogP contribution in [0.4, 0.5) is 8.78 Å². The third-order valence-electron chi connectivity index (χ3n) is 4.97. The summed E-state index contributed by atoms with van der Waals surface area (Å²) in [5.41, 5.74) is 3.45. The first kappa shape index (κ1) is 21.1. The zero-order chi connectivity index (χ0) is 21.0. The molecule has 2 aromatic carbocycles. The lowest BCUT2D eigenvalue weighted by Gasteiger charge is -2.17. The molecule has 0 fully saturated rings. The molecule has 3 rings (SSSR count). The topological polar surface area (TPSA) is 46.5 Å². The van der Waals surface area contributed by atoms with Crippen molar-refractivity contribution in [1.29, 1.82) is 0 Å². The molecule has 0 aliphatic carbocycles. The number of hydrogen-bond donors (Lipinski definition) is 2. The van der Waals surface area contributed by atoms with Crippen LogP contribution in [0.15, 0.2) is 52.8 Å². The van der Waals surface area contributed by atoms with Crippen molar-refractivity contribution in [3.63, 3.8) is 0 Å². The number of rotatable bonds is 8. The molecule has 0 spiro atoms. The van der Waals surface area contributed by atoms with Crippen LogP contribution in [0, 0.1) is 11.6 Å². The van der Waals surface area contributed by atoms with E-state index in [0.29, 0.717) is 0 Å². The molecule has 1 aliphatic rings. The van der Waals surface area contributed by atoms with Gasteiger partial charge in [0.25, 0.3) is 0 Å². The molecule has 2 aromatic rings. The summed E-state index contributed by atoms with van der Waals surface area (Å²) in [6, 6.07) is 11.1. The maximum Gasteiger partial charge on any atom is 0.303 e. The minimum absolute atomic E-state index is 0.0356. The zero-order valence-corrected chi connectivity index (χ0v) is 17.3. The van der Waals surface area contributed by atoms with Gasteiger partial charge in [-0.1, -0.05) is 37.3 Å². The van der Waals surface area contributed by atoms with Gasteiger partial charge in [0, 0.05) is 11.3 Å². The van der Waals surface area contributed by atoms with Gasteiger partial charge in [0.2, 0.25) is 5.82 Å². The van der Waals surface area contributed by atoms with E-state index in [1.165, 1.54) is 17.7 Å². The first-order chi connectivity index (χ1) is 13.9. The van der Waals surface area contributed by atoms with Crippen molar-refractivity contribution in [1.82, 2.24) is 0 Å². The second-order valence-electron chi connectivity index (χ2n) is 6.87. The lowest BCUT2D eigenvalue weighted by atomic mass is 10.0. The molecule has 0 bridgehead atoms. The third kappa shape index (κ3) is 4.88. The van der Waals surface area contributed by atoms with Gasteiger partial charge >= 0.3 is 5.97 Å². The summed E-state index contributed by atoms with van der Waals surface area (Å²) in [7, 11) is -0.543. The maximum atomic E-state index is 14.4. The standard InChI is InChI=1S/C23H24F2O3S/c1-3-15-4-6-16(7-5-15)18-12-13-29(2)20(18)14-28-19-10-8-17(9-11-21(26)27)22(24)23(19)25/h4-8,10,12-13,29H,3,9,11,14H2,1-2H3,(H,26,27). The molecule has 0 radical (unpaired) electrons. The van der Waals surface area contributed by atoms with Crippen LogP contribution in [0.3, 0.4) is 0 Å². The van der Waals surface area contributed by atoms with Crippen LogP contribution < -0.4 is 4.74 Å². The van der Waals surface area contributed by atoms with Gasteiger partial charge in [0.05, 0.1) is 0 Å². The number of aliphatic carboxylic acids is 1. The Balaban J connectivity index is 1.78. The Kier molecular flexibility index (Phi) is 6.75. The van der Waals surface area contributed by atoms with Gasteiger partial charge < -0.3 is 9.84 Å². The van der Waals surface area contributed by atoms with E-state index in [2.05, 4.69) is 48.9 Å². The number of carboxylic acids is 1. The number of benzene rings is 2. The van der Waals surface area contributed by atoms with Gasteiger partial charge in [-0.05, 0) is 58.9 Å². The van der Waals surface area contributed by atoms with Crippen molar-refractivity contribution in [3.8, 4) is 5.75 Å². The first-order valence-corrected chi connectivity index (χ1v) is 11.3. The molecule has 3 nitrogen and oxygen atoms in total. The highest BCUT2D eigenvalue weighted by molar-refractivity contribution is 8.22. The molecule has 154 valence electrons. The third-order valence-corrected chi connectivity index (χ3v) is 6.79. The first-order valence-electron chi connectivity index (χ1n) is 9.45. The van der Waals surface area contributed by atoms with Gasteiger partial charge in [0.15, 0.2) is 11.6 Å². The molecule has 1 aliphatic heterocycles. The molecular weight excluding hydrogens is 394 g/mol. The van der Waals surface area contributed by atoms with Crippen LogP contribution in [-0.2, 0) is 17.6 Å². The smallest absolute Gasteiger partial charge is 0.303 e. The van der Waals surface area contributed by atoms with Gasteiger partial charge in [-0.3, -0.25) is 4.79 Å². The molecule has 29 heavy (non-hydrogen) atoms. The minimum atomic E-state index is -1.08. The predicted molar refractivity (Wildman–Crippen MR) is 115 cm³/mol. The fraction of sp³-hybridized carbons (Fsp3) is 0.261. The van der Waals surface area contributed by atoms with E-state index < -0.39 is 28.5 Å². The predicted octanol–water partition coefficient (Wildman–Crippen LogP) is 5.49. The van der Waals surface area contributed by atoms with E-state index in [-0.39, 0.29) is 30.8 Å². The minimum Gasteiger partial charge on any atom is -0.485 e. The van der Waals surface area contributed by atoms with Crippen molar-refractivity contribution >= 4 is 22.4 Å². The molecule has 1 atom stereocenters. The van der Waals surface area contributed by atoms with Crippen LogP contribution >= 0.6 is 10.9 Å². The summed E-state index contributed by atoms with van der Waals surface area (Å²) in [6.07, 6.45) is 4.82. The molecule has 1 heterocycles. The lowest BCUT2D eigenvalue weighted by Crippen LogP contribution is -2.06. The normalized spacial score (nSPS) is 17.0. The monoisotopic (exact) mass is 418 g/mol. The maximum absolute atomic E-state index is 14.4. The van der Waals surface area contributed by atoms with Crippen molar-refractivity contribution in [2.45, 2.75) is 26.2 Å². The molecular formula is C23H24F2O3S. The second-order valence-corrected chi connectivity index (χ2v) is 8.93. The quantitative estimate of drug-likeness (QED) is 0.557. The van der Waals surface area contributed by atoms with Crippen molar-refractivity contribution < 1.29 is 23.4 Å². The Hall–Kier alpha value is -2.60. The van der Waals surface area contributed by atoms with E-state index in [1.54, 1.807) is 0 Å². The number of ether oxygens (including phenoxy) is 1. The summed E-state index contributed by atoms with van der Waals surface area (Å²) in [5.74, 6) is -3.34. The Bertz CT molecular complexity index is 965. The SMILES string of the molecule is CCc1ccc(C2=C(COc3ccc(CCC(=O)O)c(F)c3F)[SH](C)C=C2)cc1. The number of thiol groups is 1. The summed E-state index contributed by atoms with van der Waals surface area (Å²) in [4.78, 5) is 11.7. The van der Waals surface area contributed by atoms with E-state index in [1.807, 2.05) is 0 Å². The summed E-state index contributed by atoms with van der Waals surface area (Å²) in [6.45, 7) is 2.28. The zero-order valence-electron chi connectivity index (χ0n) is 16.4. The summed E-state index contributed by atoms with van der Waals surface area (Å²) < 4.78 is 34.3. The fourth-order valence-corrected chi connectivity index (χ4v) is 4.59. The van der Waals surface area contributed by atoms with Crippen molar-refractivity contribution in [2.24, 2.45) is 0 Å². The molecule has 1 unspecified atom stereocenters. The van der Waals surface area contributed by atoms with Crippen LogP contribution in [0.25, 0.3) is 5.57 Å². The summed E-state index contributed by atoms with van der Waals surface area (Å²) in [5, 5.41) is 10.8. The van der Waals surface area contributed by atoms with Crippen molar-refractivity contribution in [2.75, 3.05) is 12.9 Å². The Morgan fingerprint density at radius 3 is 2.48 bits per heavy atom. The second kappa shape index (κ2) is 9.27. The number of aryl methyl sites for hydroxylation is 2. The van der Waals surface area contributed by atoms with Crippen LogP contribution in [0.2, 0.25) is 0 Å². The number of allylic oxidation sites excluding steroid dienone is 2. The van der Waals surface area contributed by atoms with Crippen molar-refractivity contribution in [3.05, 3.63) is 81.1 Å². The number of hydrogen-bond acceptors (Lipinski definition) is 2. The fourth-order valence-electron chi connectivity index (χ4n) is 3.19.